The molecule has 0 aromatic heterocycles. The second-order valence-electron chi connectivity index (χ2n) is 3.71. The number of benzene rings is 1. The highest BCUT2D eigenvalue weighted by molar-refractivity contribution is 6.31. The Morgan fingerprint density at radius 3 is 2.56 bits per heavy atom. The highest BCUT2D eigenvalue weighted by Gasteiger charge is 2.25. The number of aliphatic hydroxyl groups is 3. The van der Waals surface area contributed by atoms with Crippen LogP contribution in [0.15, 0.2) is 12.1 Å². The molecule has 0 aliphatic rings. The van der Waals surface area contributed by atoms with Crippen LogP contribution in [0.3, 0.4) is 0 Å². The van der Waals surface area contributed by atoms with E-state index in [0.29, 0.717) is 0 Å². The van der Waals surface area contributed by atoms with Crippen LogP contribution in [0.5, 0.6) is 0 Å². The second-order valence-corrected chi connectivity index (χ2v) is 4.15. The van der Waals surface area contributed by atoms with Crippen LogP contribution in [-0.2, 0) is 0 Å². The third-order valence-corrected chi connectivity index (χ3v) is 2.68. The lowest BCUT2D eigenvalue weighted by atomic mass is 10.00. The van der Waals surface area contributed by atoms with Crippen LogP contribution in [-0.4, -0.2) is 33.0 Å². The predicted molar refractivity (Wildman–Crippen MR) is 65.2 cm³/mol. The van der Waals surface area contributed by atoms with Crippen molar-refractivity contribution < 1.29 is 20.2 Å². The largest absolute Gasteiger partial charge is 0.396 e. The minimum Gasteiger partial charge on any atom is -0.396 e. The highest BCUT2D eigenvalue weighted by atomic mass is 35.5. The molecule has 100 valence electrons. The average Bonchev–Trinajstić information content (AvgIpc) is 2.30. The summed E-state index contributed by atoms with van der Waals surface area (Å²) in [4.78, 5) is 10.0. The van der Waals surface area contributed by atoms with Gasteiger partial charge in [-0.15, -0.1) is 0 Å². The number of halogens is 1. The maximum absolute atomic E-state index is 10.7. The lowest BCUT2D eigenvalue weighted by molar-refractivity contribution is -0.384. The van der Waals surface area contributed by atoms with Crippen molar-refractivity contribution in [2.45, 2.75) is 18.6 Å². The third-order valence-electron chi connectivity index (χ3n) is 2.46. The van der Waals surface area contributed by atoms with Crippen molar-refractivity contribution in [2.75, 3.05) is 12.3 Å². The molecule has 0 heterocycles. The average molecular weight is 277 g/mol. The van der Waals surface area contributed by atoms with Gasteiger partial charge in [-0.25, -0.2) is 0 Å². The molecular formula is C10H13ClN2O5. The molecule has 18 heavy (non-hydrogen) atoms. The molecule has 2 atom stereocenters. The van der Waals surface area contributed by atoms with Gasteiger partial charge in [-0.05, 0) is 12.5 Å². The molecule has 0 spiro atoms. The van der Waals surface area contributed by atoms with E-state index >= 15 is 0 Å². The normalized spacial score (nSPS) is 14.2. The molecule has 5 N–H and O–H groups in total. The van der Waals surface area contributed by atoms with E-state index in [9.17, 15) is 20.3 Å². The van der Waals surface area contributed by atoms with Crippen LogP contribution in [0.25, 0.3) is 0 Å². The quantitative estimate of drug-likeness (QED) is 0.354. The molecule has 2 unspecified atom stereocenters. The topological polar surface area (TPSA) is 130 Å². The van der Waals surface area contributed by atoms with Gasteiger partial charge in [0.1, 0.15) is 11.8 Å². The predicted octanol–water partition coefficient (Wildman–Crippen LogP) is 0.607. The van der Waals surface area contributed by atoms with Crippen molar-refractivity contribution in [3.8, 4) is 0 Å². The van der Waals surface area contributed by atoms with Gasteiger partial charge >= 0.3 is 0 Å². The summed E-state index contributed by atoms with van der Waals surface area (Å²) in [6, 6.07) is 2.31. The van der Waals surface area contributed by atoms with Crippen LogP contribution >= 0.6 is 11.6 Å². The van der Waals surface area contributed by atoms with Gasteiger partial charge in [-0.1, -0.05) is 11.6 Å². The molecule has 0 aliphatic carbocycles. The Balaban J connectivity index is 3.19. The number of rotatable bonds is 5. The lowest BCUT2D eigenvalue weighted by Crippen LogP contribution is -2.21. The van der Waals surface area contributed by atoms with E-state index in [-0.39, 0.29) is 29.3 Å². The number of anilines is 1. The summed E-state index contributed by atoms with van der Waals surface area (Å²) in [5.74, 6) is 0. The Labute approximate surface area is 108 Å². The molecular weight excluding hydrogens is 264 g/mol. The zero-order valence-electron chi connectivity index (χ0n) is 9.28. The smallest absolute Gasteiger partial charge is 0.293 e. The molecule has 0 amide bonds. The first-order valence-electron chi connectivity index (χ1n) is 5.08. The number of nitrogens with zero attached hydrogens (tertiary/aromatic N) is 1. The van der Waals surface area contributed by atoms with Crippen molar-refractivity contribution in [3.05, 3.63) is 32.8 Å². The fraction of sp³-hybridized carbons (Fsp3) is 0.400. The zero-order chi connectivity index (χ0) is 13.9. The van der Waals surface area contributed by atoms with E-state index in [1.807, 2.05) is 0 Å². The van der Waals surface area contributed by atoms with Crippen molar-refractivity contribution in [2.24, 2.45) is 0 Å². The molecule has 1 aromatic rings. The zero-order valence-corrected chi connectivity index (χ0v) is 10.0. The number of nitro groups is 1. The van der Waals surface area contributed by atoms with Crippen molar-refractivity contribution >= 4 is 23.0 Å². The summed E-state index contributed by atoms with van der Waals surface area (Å²) < 4.78 is 0. The lowest BCUT2D eigenvalue weighted by Gasteiger charge is -2.19. The number of nitrogen functional groups attached to an aromatic ring is 1. The van der Waals surface area contributed by atoms with E-state index in [1.165, 1.54) is 6.07 Å². The van der Waals surface area contributed by atoms with Crippen LogP contribution in [0.4, 0.5) is 11.4 Å². The Bertz CT molecular complexity index is 454. The number of hydrogen-bond donors (Lipinski definition) is 4. The number of aliphatic hydroxyl groups excluding tert-OH is 3. The SMILES string of the molecule is Nc1c(C(O)C(O)CCO)cc(Cl)cc1[N+](=O)[O-]. The molecule has 1 aromatic carbocycles. The first kappa shape index (κ1) is 14.7. The first-order chi connectivity index (χ1) is 8.38. The molecule has 0 radical (unpaired) electrons. The van der Waals surface area contributed by atoms with Gasteiger partial charge in [0.25, 0.3) is 5.69 Å². The monoisotopic (exact) mass is 276 g/mol. The molecule has 1 rings (SSSR count). The molecule has 0 saturated heterocycles. The molecule has 0 bridgehead atoms. The van der Waals surface area contributed by atoms with Gasteiger partial charge < -0.3 is 21.1 Å². The van der Waals surface area contributed by atoms with Crippen molar-refractivity contribution in [1.82, 2.24) is 0 Å². The van der Waals surface area contributed by atoms with Gasteiger partial charge in [0, 0.05) is 23.3 Å². The van der Waals surface area contributed by atoms with Gasteiger partial charge in [0.15, 0.2) is 0 Å². The molecule has 0 aliphatic heterocycles. The Morgan fingerprint density at radius 1 is 1.44 bits per heavy atom. The van der Waals surface area contributed by atoms with Crippen LogP contribution < -0.4 is 5.73 Å². The Kier molecular flexibility index (Phi) is 4.85. The third kappa shape index (κ3) is 3.08. The molecule has 8 heteroatoms. The summed E-state index contributed by atoms with van der Waals surface area (Å²) in [5.41, 5.74) is 4.83. The van der Waals surface area contributed by atoms with Gasteiger partial charge in [0.2, 0.25) is 0 Å². The Hall–Kier alpha value is -1.41. The minimum atomic E-state index is -1.45. The summed E-state index contributed by atoms with van der Waals surface area (Å²) >= 11 is 5.69. The van der Waals surface area contributed by atoms with E-state index in [1.54, 1.807) is 0 Å². The van der Waals surface area contributed by atoms with Gasteiger partial charge in [-0.3, -0.25) is 10.1 Å². The van der Waals surface area contributed by atoms with Crippen LogP contribution in [0.1, 0.15) is 18.1 Å². The van der Waals surface area contributed by atoms with Gasteiger partial charge in [0.05, 0.1) is 11.0 Å². The number of hydrogen-bond acceptors (Lipinski definition) is 6. The second kappa shape index (κ2) is 5.96. The van der Waals surface area contributed by atoms with E-state index in [0.717, 1.165) is 6.07 Å². The molecule has 7 nitrogen and oxygen atoms in total. The van der Waals surface area contributed by atoms with Crippen LogP contribution in [0.2, 0.25) is 5.02 Å². The summed E-state index contributed by atoms with van der Waals surface area (Å²) in [7, 11) is 0. The van der Waals surface area contributed by atoms with E-state index in [2.05, 4.69) is 0 Å². The van der Waals surface area contributed by atoms with Gasteiger partial charge in [-0.2, -0.15) is 0 Å². The maximum atomic E-state index is 10.7. The number of nitrogens with two attached hydrogens (primary N) is 1. The Morgan fingerprint density at radius 2 is 2.06 bits per heavy atom. The molecule has 0 saturated carbocycles. The number of nitro benzene ring substituents is 1. The highest BCUT2D eigenvalue weighted by Crippen LogP contribution is 2.34. The van der Waals surface area contributed by atoms with Crippen LogP contribution in [0, 0.1) is 10.1 Å². The summed E-state index contributed by atoms with van der Waals surface area (Å²) in [6.45, 7) is -0.333. The minimum absolute atomic E-state index is 0.0288. The fourth-order valence-electron chi connectivity index (χ4n) is 1.52. The van der Waals surface area contributed by atoms with E-state index in [4.69, 9.17) is 22.4 Å². The summed E-state index contributed by atoms with van der Waals surface area (Å²) in [6.07, 6.45) is -2.81. The first-order valence-corrected chi connectivity index (χ1v) is 5.46. The van der Waals surface area contributed by atoms with Crippen molar-refractivity contribution in [3.63, 3.8) is 0 Å². The molecule has 0 fully saturated rings. The van der Waals surface area contributed by atoms with Crippen molar-refractivity contribution in [1.29, 1.82) is 0 Å². The standard InChI is InChI=1S/C10H13ClN2O5/c11-5-3-6(10(16)8(15)1-2-14)9(12)7(4-5)13(17)18/h3-4,8,10,14-16H,1-2,12H2. The van der Waals surface area contributed by atoms with E-state index < -0.39 is 22.8 Å². The fourth-order valence-corrected chi connectivity index (χ4v) is 1.74. The maximum Gasteiger partial charge on any atom is 0.293 e. The summed E-state index contributed by atoms with van der Waals surface area (Å²) in [5, 5.41) is 38.8.